The monoisotopic (exact) mass is 450 g/mol. The van der Waals surface area contributed by atoms with E-state index in [2.05, 4.69) is 17.1 Å². The fourth-order valence-electron chi connectivity index (χ4n) is 3.45. The molecule has 0 spiro atoms. The van der Waals surface area contributed by atoms with Crippen LogP contribution < -0.4 is 5.32 Å². The molecular formula is C22H27FN2O3S2. The highest BCUT2D eigenvalue weighted by molar-refractivity contribution is 7.99. The molecule has 30 heavy (non-hydrogen) atoms. The molecular weight excluding hydrogens is 423 g/mol. The number of carbonyl (C=O) groups is 2. The molecule has 0 unspecified atom stereocenters. The molecule has 1 aliphatic rings. The Balaban J connectivity index is 1.67. The SMILES string of the molecule is CCCN1CCc2c(sc(NC(=O)CCSc3ccc(F)cc3)c2C(=O)OCC)C1. The molecule has 1 N–H and O–H groups in total. The summed E-state index contributed by atoms with van der Waals surface area (Å²) in [5, 5.41) is 3.53. The number of nitrogens with zero attached hydrogens (tertiary/aromatic N) is 1. The van der Waals surface area contributed by atoms with E-state index in [4.69, 9.17) is 4.74 Å². The Morgan fingerprint density at radius 2 is 2.03 bits per heavy atom. The number of benzene rings is 1. The number of ether oxygens (including phenoxy) is 1. The second kappa shape index (κ2) is 10.9. The van der Waals surface area contributed by atoms with Crippen molar-refractivity contribution in [2.75, 3.05) is 30.8 Å². The Morgan fingerprint density at radius 1 is 1.27 bits per heavy atom. The summed E-state index contributed by atoms with van der Waals surface area (Å²) in [4.78, 5) is 29.6. The Morgan fingerprint density at radius 3 is 2.73 bits per heavy atom. The second-order valence-corrected chi connectivity index (χ2v) is 9.33. The van der Waals surface area contributed by atoms with Crippen molar-refractivity contribution in [3.05, 3.63) is 46.1 Å². The average Bonchev–Trinajstić information content (AvgIpc) is 3.07. The summed E-state index contributed by atoms with van der Waals surface area (Å²) in [7, 11) is 0. The van der Waals surface area contributed by atoms with Crippen LogP contribution >= 0.6 is 23.1 Å². The quantitative estimate of drug-likeness (QED) is 0.433. The van der Waals surface area contributed by atoms with Crippen molar-refractivity contribution in [3.8, 4) is 0 Å². The number of amides is 1. The number of esters is 1. The maximum Gasteiger partial charge on any atom is 0.341 e. The second-order valence-electron chi connectivity index (χ2n) is 7.06. The number of hydrogen-bond acceptors (Lipinski definition) is 6. The van der Waals surface area contributed by atoms with Gasteiger partial charge in [0.25, 0.3) is 0 Å². The Labute approximate surface area is 185 Å². The van der Waals surface area contributed by atoms with Gasteiger partial charge in [-0.05, 0) is 56.1 Å². The summed E-state index contributed by atoms with van der Waals surface area (Å²) < 4.78 is 18.3. The van der Waals surface area contributed by atoms with Crippen molar-refractivity contribution < 1.29 is 18.7 Å². The molecule has 2 heterocycles. The van der Waals surface area contributed by atoms with Gasteiger partial charge in [-0.3, -0.25) is 9.69 Å². The van der Waals surface area contributed by atoms with Crippen LogP contribution in [-0.2, 0) is 22.5 Å². The fraction of sp³-hybridized carbons (Fsp3) is 0.455. The molecule has 3 rings (SSSR count). The van der Waals surface area contributed by atoms with Crippen LogP contribution in [0.5, 0.6) is 0 Å². The van der Waals surface area contributed by atoms with Crippen molar-refractivity contribution >= 4 is 40.0 Å². The van der Waals surface area contributed by atoms with E-state index in [1.807, 2.05) is 0 Å². The van der Waals surface area contributed by atoms with E-state index < -0.39 is 0 Å². The minimum absolute atomic E-state index is 0.140. The number of thioether (sulfide) groups is 1. The lowest BCUT2D eigenvalue weighted by Gasteiger charge is -2.26. The maximum absolute atomic E-state index is 13.0. The average molecular weight is 451 g/mol. The lowest BCUT2D eigenvalue weighted by Crippen LogP contribution is -2.30. The zero-order valence-corrected chi connectivity index (χ0v) is 19.0. The van der Waals surface area contributed by atoms with Crippen LogP contribution in [0.2, 0.25) is 0 Å². The number of fused-ring (bicyclic) bond motifs is 1. The first-order valence-corrected chi connectivity index (χ1v) is 12.0. The fourth-order valence-corrected chi connectivity index (χ4v) is 5.60. The highest BCUT2D eigenvalue weighted by Crippen LogP contribution is 2.38. The normalized spacial score (nSPS) is 13.7. The molecule has 0 saturated carbocycles. The van der Waals surface area contributed by atoms with Crippen LogP contribution in [0.25, 0.3) is 0 Å². The van der Waals surface area contributed by atoms with E-state index in [9.17, 15) is 14.0 Å². The van der Waals surface area contributed by atoms with Gasteiger partial charge in [-0.15, -0.1) is 23.1 Å². The summed E-state index contributed by atoms with van der Waals surface area (Å²) in [6, 6.07) is 6.22. The van der Waals surface area contributed by atoms with Crippen LogP contribution in [0.3, 0.4) is 0 Å². The summed E-state index contributed by atoms with van der Waals surface area (Å²) >= 11 is 2.98. The summed E-state index contributed by atoms with van der Waals surface area (Å²) in [5.41, 5.74) is 1.54. The van der Waals surface area contributed by atoms with Gasteiger partial charge in [0.2, 0.25) is 5.91 Å². The van der Waals surface area contributed by atoms with Gasteiger partial charge < -0.3 is 10.1 Å². The highest BCUT2D eigenvalue weighted by Gasteiger charge is 2.29. The van der Waals surface area contributed by atoms with Crippen LogP contribution in [0, 0.1) is 5.82 Å². The van der Waals surface area contributed by atoms with Gasteiger partial charge in [-0.1, -0.05) is 6.92 Å². The molecule has 0 fully saturated rings. The first-order chi connectivity index (χ1) is 14.5. The number of thiophene rings is 1. The summed E-state index contributed by atoms with van der Waals surface area (Å²) in [5.74, 6) is -0.210. The summed E-state index contributed by atoms with van der Waals surface area (Å²) in [6.45, 7) is 6.97. The van der Waals surface area contributed by atoms with Crippen LogP contribution in [0.15, 0.2) is 29.2 Å². The molecule has 5 nitrogen and oxygen atoms in total. The lowest BCUT2D eigenvalue weighted by molar-refractivity contribution is -0.115. The van der Waals surface area contributed by atoms with E-state index in [0.29, 0.717) is 29.3 Å². The molecule has 1 aliphatic heterocycles. The van der Waals surface area contributed by atoms with Gasteiger partial charge in [-0.2, -0.15) is 0 Å². The molecule has 1 aromatic heterocycles. The first kappa shape index (κ1) is 22.8. The minimum Gasteiger partial charge on any atom is -0.462 e. The van der Waals surface area contributed by atoms with Crippen molar-refractivity contribution in [2.24, 2.45) is 0 Å². The van der Waals surface area contributed by atoms with Gasteiger partial charge in [0, 0.05) is 35.0 Å². The third-order valence-electron chi connectivity index (χ3n) is 4.82. The van der Waals surface area contributed by atoms with E-state index in [0.717, 1.165) is 47.8 Å². The van der Waals surface area contributed by atoms with Gasteiger partial charge in [-0.25, -0.2) is 9.18 Å². The minimum atomic E-state index is -0.366. The Bertz CT molecular complexity index is 883. The van der Waals surface area contributed by atoms with Gasteiger partial charge in [0.15, 0.2) is 0 Å². The third-order valence-corrected chi connectivity index (χ3v) is 6.97. The Kier molecular flexibility index (Phi) is 8.30. The van der Waals surface area contributed by atoms with Crippen molar-refractivity contribution in [1.82, 2.24) is 4.90 Å². The van der Waals surface area contributed by atoms with Crippen LogP contribution in [0.4, 0.5) is 9.39 Å². The number of nitrogens with one attached hydrogen (secondary N) is 1. The number of rotatable bonds is 9. The first-order valence-electron chi connectivity index (χ1n) is 10.2. The number of anilines is 1. The van der Waals surface area contributed by atoms with E-state index >= 15 is 0 Å². The molecule has 0 saturated heterocycles. The molecule has 8 heteroatoms. The van der Waals surface area contributed by atoms with Crippen LogP contribution in [0.1, 0.15) is 47.5 Å². The zero-order chi connectivity index (χ0) is 21.5. The molecule has 0 aliphatic carbocycles. The molecule has 162 valence electrons. The predicted octanol–water partition coefficient (Wildman–Crippen LogP) is 4.95. The van der Waals surface area contributed by atoms with Crippen molar-refractivity contribution in [2.45, 2.75) is 44.6 Å². The summed E-state index contributed by atoms with van der Waals surface area (Å²) in [6.07, 6.45) is 2.17. The molecule has 1 aromatic carbocycles. The third kappa shape index (κ3) is 5.83. The van der Waals surface area contributed by atoms with Crippen molar-refractivity contribution in [3.63, 3.8) is 0 Å². The molecule has 0 atom stereocenters. The topological polar surface area (TPSA) is 58.6 Å². The maximum atomic E-state index is 13.0. The standard InChI is InChI=1S/C22H27FN2O3S2/c1-3-11-25-12-9-17-18(14-25)30-21(20(17)22(27)28-4-2)24-19(26)10-13-29-16-7-5-15(23)6-8-16/h5-8H,3-4,9-14H2,1-2H3,(H,24,26). The largest absolute Gasteiger partial charge is 0.462 e. The predicted molar refractivity (Wildman–Crippen MR) is 120 cm³/mol. The highest BCUT2D eigenvalue weighted by atomic mass is 32.2. The molecule has 1 amide bonds. The molecule has 0 bridgehead atoms. The zero-order valence-electron chi connectivity index (χ0n) is 17.3. The number of hydrogen-bond donors (Lipinski definition) is 1. The van der Waals surface area contributed by atoms with Gasteiger partial charge in [0.05, 0.1) is 12.2 Å². The van der Waals surface area contributed by atoms with E-state index in [-0.39, 0.29) is 17.7 Å². The lowest BCUT2D eigenvalue weighted by atomic mass is 10.0. The van der Waals surface area contributed by atoms with Crippen molar-refractivity contribution in [1.29, 1.82) is 0 Å². The van der Waals surface area contributed by atoms with Crippen LogP contribution in [-0.4, -0.2) is 42.2 Å². The number of halogens is 1. The van der Waals surface area contributed by atoms with E-state index in [1.165, 1.54) is 35.2 Å². The van der Waals surface area contributed by atoms with E-state index in [1.54, 1.807) is 19.1 Å². The van der Waals surface area contributed by atoms with Gasteiger partial charge >= 0.3 is 5.97 Å². The Hall–Kier alpha value is -1.90. The molecule has 2 aromatic rings. The van der Waals surface area contributed by atoms with Gasteiger partial charge in [0.1, 0.15) is 10.8 Å². The number of carbonyl (C=O) groups excluding carboxylic acids is 2. The molecule has 0 radical (unpaired) electrons. The smallest absolute Gasteiger partial charge is 0.341 e.